The van der Waals surface area contributed by atoms with Crippen molar-refractivity contribution in [3.05, 3.63) is 48.5 Å². The lowest BCUT2D eigenvalue weighted by Gasteiger charge is -2.19. The molecule has 1 N–H and O–H groups in total. The van der Waals surface area contributed by atoms with Crippen molar-refractivity contribution >= 4 is 11.9 Å². The molecule has 0 atom stereocenters. The number of hydrogen-bond donors (Lipinski definition) is 1. The first kappa shape index (κ1) is 13.6. The summed E-state index contributed by atoms with van der Waals surface area (Å²) in [5.41, 5.74) is 6.27. The molecular formula is C16H18N4O. The Morgan fingerprint density at radius 1 is 1.33 bits per heavy atom. The Hall–Kier alpha value is -2.40. The van der Waals surface area contributed by atoms with Gasteiger partial charge in [0.25, 0.3) is 0 Å². The van der Waals surface area contributed by atoms with Crippen molar-refractivity contribution in [3.8, 4) is 11.3 Å². The molecule has 1 aromatic carbocycles. The highest BCUT2D eigenvalue weighted by molar-refractivity contribution is 5.79. The molecule has 0 radical (unpaired) electrons. The molecule has 0 unspecified atom stereocenters. The summed E-state index contributed by atoms with van der Waals surface area (Å²) in [7, 11) is 2.12. The largest absolute Gasteiger partial charge is 0.444 e. The number of nitrogens with zero attached hydrogens (tertiary/aromatic N) is 3. The van der Waals surface area contributed by atoms with E-state index in [4.69, 9.17) is 4.42 Å². The van der Waals surface area contributed by atoms with E-state index in [0.29, 0.717) is 0 Å². The lowest BCUT2D eigenvalue weighted by molar-refractivity contribution is 0.363. The van der Waals surface area contributed by atoms with Gasteiger partial charge in [-0.25, -0.2) is 4.98 Å². The highest BCUT2D eigenvalue weighted by atomic mass is 16.3. The summed E-state index contributed by atoms with van der Waals surface area (Å²) >= 11 is 0. The molecule has 5 heteroatoms. The van der Waals surface area contributed by atoms with Gasteiger partial charge >= 0.3 is 0 Å². The third kappa shape index (κ3) is 3.58. The van der Waals surface area contributed by atoms with E-state index in [9.17, 15) is 0 Å². The predicted octanol–water partition coefficient (Wildman–Crippen LogP) is 3.00. The van der Waals surface area contributed by atoms with Crippen LogP contribution in [-0.2, 0) is 0 Å². The number of hydrazone groups is 1. The smallest absolute Gasteiger partial charge is 0.181 e. The molecule has 0 saturated carbocycles. The maximum Gasteiger partial charge on any atom is 0.181 e. The molecule has 1 aliphatic rings. The number of oxazole rings is 1. The van der Waals surface area contributed by atoms with Crippen LogP contribution >= 0.6 is 0 Å². The molecular weight excluding hydrogens is 264 g/mol. The van der Waals surface area contributed by atoms with E-state index in [1.165, 1.54) is 12.0 Å². The molecule has 1 aromatic heterocycles. The molecule has 21 heavy (non-hydrogen) atoms. The minimum absolute atomic E-state index is 0.765. The standard InChI is InChI=1S/C16H18N4O/c1-20-8-6-13(7-9-20)10-18-19-15-4-2-14(3-5-15)16-11-17-12-21-16/h2-6,10-12,19H,7-9H2,1H3/b18-10+. The van der Waals surface area contributed by atoms with Crippen LogP contribution in [0.3, 0.4) is 0 Å². The predicted molar refractivity (Wildman–Crippen MR) is 84.3 cm³/mol. The van der Waals surface area contributed by atoms with Gasteiger partial charge in [0.05, 0.1) is 18.1 Å². The number of anilines is 1. The van der Waals surface area contributed by atoms with E-state index >= 15 is 0 Å². The molecule has 0 saturated heterocycles. The molecule has 0 amide bonds. The minimum atomic E-state index is 0.765. The fourth-order valence-corrected chi connectivity index (χ4v) is 2.16. The lowest BCUT2D eigenvalue weighted by atomic mass is 10.1. The van der Waals surface area contributed by atoms with Crippen LogP contribution < -0.4 is 5.43 Å². The molecule has 2 aromatic rings. The Morgan fingerprint density at radius 3 is 2.86 bits per heavy atom. The van der Waals surface area contributed by atoms with Crippen molar-refractivity contribution < 1.29 is 4.42 Å². The minimum Gasteiger partial charge on any atom is -0.444 e. The molecule has 108 valence electrons. The molecule has 0 bridgehead atoms. The molecule has 0 fully saturated rings. The quantitative estimate of drug-likeness (QED) is 0.692. The van der Waals surface area contributed by atoms with Gasteiger partial charge in [0.15, 0.2) is 12.2 Å². The van der Waals surface area contributed by atoms with E-state index in [0.717, 1.165) is 36.5 Å². The molecule has 0 aliphatic carbocycles. The van der Waals surface area contributed by atoms with Gasteiger partial charge in [-0.1, -0.05) is 6.08 Å². The van der Waals surface area contributed by atoms with Crippen molar-refractivity contribution in [1.82, 2.24) is 9.88 Å². The first-order valence-electron chi connectivity index (χ1n) is 6.97. The highest BCUT2D eigenvalue weighted by Gasteiger charge is 2.05. The number of rotatable bonds is 4. The Kier molecular flexibility index (Phi) is 4.12. The second-order valence-corrected chi connectivity index (χ2v) is 5.10. The second kappa shape index (κ2) is 6.37. The van der Waals surface area contributed by atoms with Gasteiger partial charge in [0, 0.05) is 18.7 Å². The number of nitrogens with one attached hydrogen (secondary N) is 1. The van der Waals surface area contributed by atoms with E-state index in [2.05, 4.69) is 33.5 Å². The zero-order chi connectivity index (χ0) is 14.5. The van der Waals surface area contributed by atoms with Crippen LogP contribution in [0.25, 0.3) is 11.3 Å². The van der Waals surface area contributed by atoms with Crippen molar-refractivity contribution in [2.24, 2.45) is 5.10 Å². The van der Waals surface area contributed by atoms with E-state index in [1.807, 2.05) is 30.5 Å². The van der Waals surface area contributed by atoms with Gasteiger partial charge in [-0.3, -0.25) is 5.43 Å². The summed E-state index contributed by atoms with van der Waals surface area (Å²) < 4.78 is 5.26. The third-order valence-corrected chi connectivity index (χ3v) is 3.47. The van der Waals surface area contributed by atoms with Crippen LogP contribution in [0.2, 0.25) is 0 Å². The molecule has 1 aliphatic heterocycles. The summed E-state index contributed by atoms with van der Waals surface area (Å²) in [4.78, 5) is 6.20. The van der Waals surface area contributed by atoms with Crippen LogP contribution in [0.15, 0.2) is 58.0 Å². The number of likely N-dealkylation sites (N-methyl/N-ethyl adjacent to an activating group) is 1. The maximum atomic E-state index is 5.26. The number of aromatic nitrogens is 1. The maximum absolute atomic E-state index is 5.26. The molecule has 5 nitrogen and oxygen atoms in total. The summed E-state index contributed by atoms with van der Waals surface area (Å²) in [5.74, 6) is 0.765. The summed E-state index contributed by atoms with van der Waals surface area (Å²) in [6.45, 7) is 2.08. The van der Waals surface area contributed by atoms with E-state index < -0.39 is 0 Å². The third-order valence-electron chi connectivity index (χ3n) is 3.47. The zero-order valence-corrected chi connectivity index (χ0v) is 12.0. The van der Waals surface area contributed by atoms with Crippen LogP contribution in [-0.4, -0.2) is 36.2 Å². The van der Waals surface area contributed by atoms with Gasteiger partial charge in [0.1, 0.15) is 0 Å². The first-order valence-corrected chi connectivity index (χ1v) is 6.97. The fourth-order valence-electron chi connectivity index (χ4n) is 2.16. The fraction of sp³-hybridized carbons (Fsp3) is 0.250. The van der Waals surface area contributed by atoms with Gasteiger partial charge in [-0.15, -0.1) is 0 Å². The van der Waals surface area contributed by atoms with Crippen molar-refractivity contribution in [2.75, 3.05) is 25.6 Å². The van der Waals surface area contributed by atoms with Crippen LogP contribution in [0, 0.1) is 0 Å². The van der Waals surface area contributed by atoms with Crippen molar-refractivity contribution in [2.45, 2.75) is 6.42 Å². The van der Waals surface area contributed by atoms with Gasteiger partial charge < -0.3 is 9.32 Å². The van der Waals surface area contributed by atoms with Crippen molar-refractivity contribution in [1.29, 1.82) is 0 Å². The molecule has 2 heterocycles. The van der Waals surface area contributed by atoms with Gasteiger partial charge in [-0.05, 0) is 43.3 Å². The Morgan fingerprint density at radius 2 is 2.19 bits per heavy atom. The highest BCUT2D eigenvalue weighted by Crippen LogP contribution is 2.20. The Balaban J connectivity index is 1.58. The topological polar surface area (TPSA) is 53.7 Å². The monoisotopic (exact) mass is 282 g/mol. The Bertz CT molecular complexity index is 629. The lowest BCUT2D eigenvalue weighted by Crippen LogP contribution is -2.24. The number of hydrogen-bond acceptors (Lipinski definition) is 5. The number of benzene rings is 1. The SMILES string of the molecule is CN1CC=C(/C=N/Nc2ccc(-c3cnco3)cc2)CC1. The summed E-state index contributed by atoms with van der Waals surface area (Å²) in [6.07, 6.45) is 8.29. The molecule has 0 spiro atoms. The van der Waals surface area contributed by atoms with Crippen molar-refractivity contribution in [3.63, 3.8) is 0 Å². The average molecular weight is 282 g/mol. The van der Waals surface area contributed by atoms with E-state index in [1.54, 1.807) is 6.20 Å². The first-order chi connectivity index (χ1) is 10.3. The van der Waals surface area contributed by atoms with Gasteiger partial charge in [0.2, 0.25) is 0 Å². The average Bonchev–Trinajstić information content (AvgIpc) is 3.04. The Labute approximate surface area is 124 Å². The second-order valence-electron chi connectivity index (χ2n) is 5.10. The van der Waals surface area contributed by atoms with Crippen LogP contribution in [0.5, 0.6) is 0 Å². The normalized spacial score (nSPS) is 16.1. The summed E-state index contributed by atoms with van der Waals surface area (Å²) in [5, 5.41) is 4.29. The molecule has 3 rings (SSSR count). The van der Waals surface area contributed by atoms with E-state index in [-0.39, 0.29) is 0 Å². The van der Waals surface area contributed by atoms with Gasteiger partial charge in [-0.2, -0.15) is 5.10 Å². The summed E-state index contributed by atoms with van der Waals surface area (Å²) in [6, 6.07) is 7.90. The van der Waals surface area contributed by atoms with Crippen LogP contribution in [0.4, 0.5) is 5.69 Å². The zero-order valence-electron chi connectivity index (χ0n) is 12.0. The van der Waals surface area contributed by atoms with Crippen LogP contribution in [0.1, 0.15) is 6.42 Å².